The molecule has 1 N–H and O–H groups in total. The summed E-state index contributed by atoms with van der Waals surface area (Å²) < 4.78 is 6.06. The average Bonchev–Trinajstić information content (AvgIpc) is 3.01. The maximum atomic E-state index is 6.06. The van der Waals surface area contributed by atoms with E-state index in [1.807, 2.05) is 11.3 Å². The Labute approximate surface area is 125 Å². The highest BCUT2D eigenvalue weighted by Crippen LogP contribution is 2.33. The molecular formula is C15H25N3OS. The summed E-state index contributed by atoms with van der Waals surface area (Å²) in [5.74, 6) is 0. The van der Waals surface area contributed by atoms with Gasteiger partial charge in [-0.3, -0.25) is 4.90 Å². The Morgan fingerprint density at radius 2 is 2.35 bits per heavy atom. The zero-order valence-corrected chi connectivity index (χ0v) is 13.5. The molecule has 2 fully saturated rings. The van der Waals surface area contributed by atoms with Gasteiger partial charge >= 0.3 is 0 Å². The number of thiazole rings is 1. The molecule has 3 rings (SSSR count). The lowest BCUT2D eigenvalue weighted by Gasteiger charge is -2.34. The summed E-state index contributed by atoms with van der Waals surface area (Å²) in [5.41, 5.74) is 1.16. The van der Waals surface area contributed by atoms with Gasteiger partial charge in [-0.15, -0.1) is 11.3 Å². The zero-order chi connectivity index (χ0) is 14.1. The van der Waals surface area contributed by atoms with Gasteiger partial charge in [0, 0.05) is 30.1 Å². The number of hydrogen-bond acceptors (Lipinski definition) is 5. The van der Waals surface area contributed by atoms with Crippen molar-refractivity contribution in [2.24, 2.45) is 0 Å². The molecule has 0 radical (unpaired) electrons. The number of nitrogens with one attached hydrogen (secondary N) is 1. The lowest BCUT2D eigenvalue weighted by molar-refractivity contribution is -0.0502. The first-order chi connectivity index (χ1) is 9.63. The van der Waals surface area contributed by atoms with Crippen molar-refractivity contribution in [3.05, 3.63) is 15.6 Å². The zero-order valence-electron chi connectivity index (χ0n) is 12.7. The summed E-state index contributed by atoms with van der Waals surface area (Å²) in [6.45, 7) is 10.5. The molecule has 5 heteroatoms. The van der Waals surface area contributed by atoms with Crippen LogP contribution in [0.25, 0.3) is 0 Å². The molecule has 0 bridgehead atoms. The fraction of sp³-hybridized carbons (Fsp3) is 0.800. The summed E-state index contributed by atoms with van der Waals surface area (Å²) in [4.78, 5) is 8.68. The molecule has 2 atom stereocenters. The summed E-state index contributed by atoms with van der Waals surface area (Å²) in [5, 5.41) is 4.64. The van der Waals surface area contributed by atoms with Gasteiger partial charge in [-0.05, 0) is 26.3 Å². The molecule has 0 amide bonds. The Hall–Kier alpha value is -0.490. The van der Waals surface area contributed by atoms with Crippen LogP contribution < -0.4 is 5.32 Å². The van der Waals surface area contributed by atoms with Gasteiger partial charge in [-0.2, -0.15) is 0 Å². The van der Waals surface area contributed by atoms with Crippen molar-refractivity contribution in [3.8, 4) is 0 Å². The van der Waals surface area contributed by atoms with Crippen LogP contribution in [0.1, 0.15) is 48.4 Å². The number of morpholine rings is 1. The van der Waals surface area contributed by atoms with Crippen molar-refractivity contribution >= 4 is 11.3 Å². The number of fused-ring (bicyclic) bond motifs is 1. The molecule has 0 aromatic carbocycles. The van der Waals surface area contributed by atoms with Crippen molar-refractivity contribution in [2.45, 2.75) is 58.3 Å². The van der Waals surface area contributed by atoms with Crippen LogP contribution in [0, 0.1) is 6.92 Å². The van der Waals surface area contributed by atoms with E-state index in [0.29, 0.717) is 12.1 Å². The van der Waals surface area contributed by atoms with Crippen molar-refractivity contribution < 1.29 is 4.74 Å². The Balaban J connectivity index is 1.66. The van der Waals surface area contributed by atoms with E-state index in [0.717, 1.165) is 30.4 Å². The number of ether oxygens (including phenoxy) is 1. The van der Waals surface area contributed by atoms with Crippen LogP contribution in [0.2, 0.25) is 0 Å². The van der Waals surface area contributed by atoms with E-state index in [1.165, 1.54) is 24.3 Å². The molecule has 2 unspecified atom stereocenters. The number of nitrogens with zero attached hydrogens (tertiary/aromatic N) is 2. The van der Waals surface area contributed by atoms with Crippen molar-refractivity contribution in [2.75, 3.05) is 19.7 Å². The lowest BCUT2D eigenvalue weighted by atomic mass is 10.2. The second-order valence-corrected chi connectivity index (χ2v) is 7.32. The predicted octanol–water partition coefficient (Wildman–Crippen LogP) is 2.49. The SMILES string of the molecule is Cc1nc(C2CN3CCCC3CO2)sc1CNC(C)C. The van der Waals surface area contributed by atoms with Crippen LogP contribution in [-0.2, 0) is 11.3 Å². The summed E-state index contributed by atoms with van der Waals surface area (Å²) in [6, 6.07) is 1.17. The van der Waals surface area contributed by atoms with Gasteiger partial charge in [0.15, 0.2) is 0 Å². The second kappa shape index (κ2) is 6.10. The van der Waals surface area contributed by atoms with Crippen molar-refractivity contribution in [3.63, 3.8) is 0 Å². The van der Waals surface area contributed by atoms with E-state index >= 15 is 0 Å². The smallest absolute Gasteiger partial charge is 0.123 e. The van der Waals surface area contributed by atoms with Crippen LogP contribution in [0.3, 0.4) is 0 Å². The minimum atomic E-state index is 0.181. The topological polar surface area (TPSA) is 37.4 Å². The highest BCUT2D eigenvalue weighted by atomic mass is 32.1. The second-order valence-electron chi connectivity index (χ2n) is 6.21. The Morgan fingerprint density at radius 1 is 1.50 bits per heavy atom. The van der Waals surface area contributed by atoms with Gasteiger partial charge in [0.25, 0.3) is 0 Å². The highest BCUT2D eigenvalue weighted by Gasteiger charge is 2.34. The maximum Gasteiger partial charge on any atom is 0.123 e. The number of hydrogen-bond donors (Lipinski definition) is 1. The third kappa shape index (κ3) is 3.06. The first kappa shape index (κ1) is 14.4. The first-order valence-corrected chi connectivity index (χ1v) is 8.50. The molecule has 1 aromatic heterocycles. The number of rotatable bonds is 4. The standard InChI is InChI=1S/C15H25N3OS/c1-10(2)16-7-14-11(3)17-15(20-14)13-8-18-6-4-5-12(18)9-19-13/h10,12-13,16H,4-9H2,1-3H3. The minimum absolute atomic E-state index is 0.181. The Kier molecular flexibility index (Phi) is 4.40. The molecule has 112 valence electrons. The normalized spacial score (nSPS) is 27.2. The molecule has 3 heterocycles. The average molecular weight is 295 g/mol. The molecule has 0 aliphatic carbocycles. The van der Waals surface area contributed by atoms with Crippen LogP contribution in [0.4, 0.5) is 0 Å². The fourth-order valence-corrected chi connectivity index (χ4v) is 4.07. The summed E-state index contributed by atoms with van der Waals surface area (Å²) in [6.07, 6.45) is 2.80. The van der Waals surface area contributed by atoms with Gasteiger partial charge in [0.2, 0.25) is 0 Å². The molecule has 2 aliphatic heterocycles. The van der Waals surface area contributed by atoms with E-state index in [4.69, 9.17) is 9.72 Å². The van der Waals surface area contributed by atoms with Crippen molar-refractivity contribution in [1.82, 2.24) is 15.2 Å². The Morgan fingerprint density at radius 3 is 3.15 bits per heavy atom. The largest absolute Gasteiger partial charge is 0.368 e. The van der Waals surface area contributed by atoms with Crippen LogP contribution in [0.15, 0.2) is 0 Å². The van der Waals surface area contributed by atoms with E-state index in [9.17, 15) is 0 Å². The summed E-state index contributed by atoms with van der Waals surface area (Å²) >= 11 is 1.82. The first-order valence-electron chi connectivity index (χ1n) is 7.68. The predicted molar refractivity (Wildman–Crippen MR) is 82.1 cm³/mol. The maximum absolute atomic E-state index is 6.06. The molecule has 1 aromatic rings. The Bertz CT molecular complexity index is 460. The van der Waals surface area contributed by atoms with Crippen LogP contribution in [-0.4, -0.2) is 41.7 Å². The third-order valence-corrected chi connectivity index (χ3v) is 5.49. The van der Waals surface area contributed by atoms with Crippen molar-refractivity contribution in [1.29, 1.82) is 0 Å². The fourth-order valence-electron chi connectivity index (χ4n) is 3.02. The molecular weight excluding hydrogens is 270 g/mol. The van der Waals surface area contributed by atoms with Gasteiger partial charge in [0.1, 0.15) is 11.1 Å². The van der Waals surface area contributed by atoms with Gasteiger partial charge in [-0.25, -0.2) is 4.98 Å². The van der Waals surface area contributed by atoms with Crippen LogP contribution in [0.5, 0.6) is 0 Å². The minimum Gasteiger partial charge on any atom is -0.368 e. The lowest BCUT2D eigenvalue weighted by Crippen LogP contribution is -2.42. The molecule has 0 saturated carbocycles. The monoisotopic (exact) mass is 295 g/mol. The number of aryl methyl sites for hydroxylation is 1. The van der Waals surface area contributed by atoms with E-state index < -0.39 is 0 Å². The van der Waals surface area contributed by atoms with E-state index in [-0.39, 0.29) is 6.10 Å². The molecule has 0 spiro atoms. The third-order valence-electron chi connectivity index (χ3n) is 4.24. The molecule has 4 nitrogen and oxygen atoms in total. The van der Waals surface area contributed by atoms with Gasteiger partial charge in [-0.1, -0.05) is 13.8 Å². The van der Waals surface area contributed by atoms with Gasteiger partial charge < -0.3 is 10.1 Å². The van der Waals surface area contributed by atoms with E-state index in [1.54, 1.807) is 0 Å². The quantitative estimate of drug-likeness (QED) is 0.926. The van der Waals surface area contributed by atoms with Gasteiger partial charge in [0.05, 0.1) is 12.3 Å². The van der Waals surface area contributed by atoms with Crippen LogP contribution >= 0.6 is 11.3 Å². The van der Waals surface area contributed by atoms with E-state index in [2.05, 4.69) is 31.0 Å². The highest BCUT2D eigenvalue weighted by molar-refractivity contribution is 7.11. The summed E-state index contributed by atoms with van der Waals surface area (Å²) in [7, 11) is 0. The molecule has 2 aliphatic rings. The number of aromatic nitrogens is 1. The molecule has 20 heavy (non-hydrogen) atoms. The molecule has 2 saturated heterocycles.